The molecule has 0 aromatic carbocycles. The highest BCUT2D eigenvalue weighted by Gasteiger charge is 2.26. The molecule has 1 rings (SSSR count). The molecule has 0 bridgehead atoms. The molecular formula is C4H8N2O3. The van der Waals surface area contributed by atoms with Gasteiger partial charge in [0.1, 0.15) is 0 Å². The van der Waals surface area contributed by atoms with Crippen LogP contribution in [0.1, 0.15) is 0 Å². The standard InChI is InChI=1S/C4H8N2O3/c5-4-6-3(8)2(1-7)9-4/h2-3,7-8H,1H2,(H2,5,6). The second-order valence-corrected chi connectivity index (χ2v) is 1.72. The Morgan fingerprint density at radius 3 is 2.67 bits per heavy atom. The summed E-state index contributed by atoms with van der Waals surface area (Å²) in [6.45, 7) is -0.272. The maximum absolute atomic E-state index is 8.81. The predicted molar refractivity (Wildman–Crippen MR) is 29.6 cm³/mol. The smallest absolute Gasteiger partial charge is 0.285 e. The summed E-state index contributed by atoms with van der Waals surface area (Å²) in [7, 11) is 0. The summed E-state index contributed by atoms with van der Waals surface area (Å²) in [4.78, 5) is 3.41. The van der Waals surface area contributed by atoms with Crippen molar-refractivity contribution in [1.82, 2.24) is 0 Å². The van der Waals surface area contributed by atoms with E-state index < -0.39 is 12.3 Å². The van der Waals surface area contributed by atoms with Crippen LogP contribution in [-0.2, 0) is 4.74 Å². The van der Waals surface area contributed by atoms with E-state index in [4.69, 9.17) is 15.9 Å². The lowest BCUT2D eigenvalue weighted by atomic mass is 10.3. The largest absolute Gasteiger partial charge is 0.455 e. The molecule has 0 radical (unpaired) electrons. The fourth-order valence-corrected chi connectivity index (χ4v) is 0.591. The number of nitrogens with zero attached hydrogens (tertiary/aromatic N) is 1. The van der Waals surface area contributed by atoms with Crippen LogP contribution in [-0.4, -0.2) is 35.2 Å². The summed E-state index contributed by atoms with van der Waals surface area (Å²) < 4.78 is 4.65. The maximum Gasteiger partial charge on any atom is 0.285 e. The van der Waals surface area contributed by atoms with Crippen LogP contribution in [0.25, 0.3) is 0 Å². The average Bonchev–Trinajstić information content (AvgIpc) is 2.10. The van der Waals surface area contributed by atoms with Crippen molar-refractivity contribution in [3.05, 3.63) is 0 Å². The number of aliphatic imine (C=N–C) groups is 1. The minimum absolute atomic E-state index is 0.0680. The molecule has 0 saturated carbocycles. The zero-order valence-corrected chi connectivity index (χ0v) is 4.69. The molecule has 1 aliphatic rings. The Balaban J connectivity index is 2.49. The summed E-state index contributed by atoms with van der Waals surface area (Å²) in [5, 5.41) is 17.2. The van der Waals surface area contributed by atoms with Crippen LogP contribution in [0.5, 0.6) is 0 Å². The van der Waals surface area contributed by atoms with Gasteiger partial charge in [0.05, 0.1) is 6.61 Å². The predicted octanol–water partition coefficient (Wildman–Crippen LogP) is -1.99. The van der Waals surface area contributed by atoms with E-state index in [9.17, 15) is 0 Å². The summed E-state index contributed by atoms with van der Waals surface area (Å²) in [5.74, 6) is 0. The maximum atomic E-state index is 8.81. The van der Waals surface area contributed by atoms with Gasteiger partial charge in [-0.2, -0.15) is 0 Å². The van der Waals surface area contributed by atoms with Gasteiger partial charge >= 0.3 is 0 Å². The van der Waals surface area contributed by atoms with Crippen molar-refractivity contribution >= 4 is 6.02 Å². The molecule has 52 valence electrons. The summed E-state index contributed by atoms with van der Waals surface area (Å²) in [6, 6.07) is -0.0680. The Kier molecular flexibility index (Phi) is 1.54. The molecule has 1 aliphatic heterocycles. The lowest BCUT2D eigenvalue weighted by molar-refractivity contribution is 0.0240. The van der Waals surface area contributed by atoms with Crippen molar-refractivity contribution in [2.75, 3.05) is 6.61 Å². The number of nitrogens with two attached hydrogens (primary N) is 1. The zero-order valence-electron chi connectivity index (χ0n) is 4.69. The first kappa shape index (κ1) is 6.31. The quantitative estimate of drug-likeness (QED) is 0.385. The minimum Gasteiger partial charge on any atom is -0.455 e. The molecule has 2 unspecified atom stereocenters. The van der Waals surface area contributed by atoms with Crippen molar-refractivity contribution in [1.29, 1.82) is 0 Å². The van der Waals surface area contributed by atoms with Gasteiger partial charge in [0.15, 0.2) is 12.3 Å². The summed E-state index contributed by atoms with van der Waals surface area (Å²) in [6.07, 6.45) is -1.68. The van der Waals surface area contributed by atoms with E-state index in [1.165, 1.54) is 0 Å². The van der Waals surface area contributed by atoms with Crippen LogP contribution in [0.3, 0.4) is 0 Å². The Bertz CT molecular complexity index is 136. The molecule has 0 aliphatic carbocycles. The topological polar surface area (TPSA) is 88.1 Å². The number of hydrogen-bond acceptors (Lipinski definition) is 5. The highest BCUT2D eigenvalue weighted by atomic mass is 16.5. The van der Waals surface area contributed by atoms with E-state index in [-0.39, 0.29) is 12.6 Å². The minimum atomic E-state index is -1.00. The fourth-order valence-electron chi connectivity index (χ4n) is 0.591. The third kappa shape index (κ3) is 1.11. The zero-order chi connectivity index (χ0) is 6.85. The van der Waals surface area contributed by atoms with Gasteiger partial charge < -0.3 is 20.7 Å². The van der Waals surface area contributed by atoms with E-state index in [0.717, 1.165) is 0 Å². The van der Waals surface area contributed by atoms with Gasteiger partial charge in [-0.1, -0.05) is 0 Å². The molecular weight excluding hydrogens is 124 g/mol. The van der Waals surface area contributed by atoms with Crippen LogP contribution in [0.4, 0.5) is 0 Å². The Labute approximate surface area is 51.8 Å². The number of hydrogen-bond donors (Lipinski definition) is 3. The van der Waals surface area contributed by atoms with Crippen LogP contribution >= 0.6 is 0 Å². The van der Waals surface area contributed by atoms with Crippen molar-refractivity contribution in [3.63, 3.8) is 0 Å². The molecule has 0 aromatic rings. The van der Waals surface area contributed by atoms with Crippen LogP contribution in [0.2, 0.25) is 0 Å². The van der Waals surface area contributed by atoms with Crippen LogP contribution in [0.15, 0.2) is 4.99 Å². The van der Waals surface area contributed by atoms with Gasteiger partial charge in [0, 0.05) is 0 Å². The molecule has 1 heterocycles. The van der Waals surface area contributed by atoms with Gasteiger partial charge in [-0.15, -0.1) is 0 Å². The van der Waals surface area contributed by atoms with E-state index in [1.54, 1.807) is 0 Å². The molecule has 4 N–H and O–H groups in total. The number of ether oxygens (including phenoxy) is 1. The number of aliphatic hydroxyl groups is 2. The molecule has 2 atom stereocenters. The molecule has 0 aromatic heterocycles. The first-order valence-corrected chi connectivity index (χ1v) is 2.53. The SMILES string of the molecule is NC1=NC(O)C(CO)O1. The Morgan fingerprint density at radius 1 is 1.78 bits per heavy atom. The molecule has 5 nitrogen and oxygen atoms in total. The highest BCUT2D eigenvalue weighted by molar-refractivity contribution is 5.73. The first-order chi connectivity index (χ1) is 4.24. The van der Waals surface area contributed by atoms with Gasteiger partial charge in [-0.25, -0.2) is 4.99 Å². The van der Waals surface area contributed by atoms with Gasteiger partial charge in [0.25, 0.3) is 6.02 Å². The number of rotatable bonds is 1. The van der Waals surface area contributed by atoms with Crippen LogP contribution < -0.4 is 5.73 Å². The lowest BCUT2D eigenvalue weighted by Crippen LogP contribution is -2.26. The third-order valence-electron chi connectivity index (χ3n) is 1.04. The summed E-state index contributed by atoms with van der Waals surface area (Å²) in [5.41, 5.74) is 5.05. The lowest BCUT2D eigenvalue weighted by Gasteiger charge is -2.07. The van der Waals surface area contributed by atoms with Crippen molar-refractivity contribution < 1.29 is 14.9 Å². The fraction of sp³-hybridized carbons (Fsp3) is 0.750. The van der Waals surface area contributed by atoms with Crippen molar-refractivity contribution in [3.8, 4) is 0 Å². The molecule has 9 heavy (non-hydrogen) atoms. The van der Waals surface area contributed by atoms with Gasteiger partial charge in [0.2, 0.25) is 0 Å². The first-order valence-electron chi connectivity index (χ1n) is 2.53. The highest BCUT2D eigenvalue weighted by Crippen LogP contribution is 2.07. The number of aliphatic hydroxyl groups excluding tert-OH is 2. The van der Waals surface area contributed by atoms with E-state index in [0.29, 0.717) is 0 Å². The second kappa shape index (κ2) is 2.20. The van der Waals surface area contributed by atoms with E-state index >= 15 is 0 Å². The van der Waals surface area contributed by atoms with Crippen molar-refractivity contribution in [2.45, 2.75) is 12.3 Å². The summed E-state index contributed by atoms with van der Waals surface area (Å²) >= 11 is 0. The van der Waals surface area contributed by atoms with Gasteiger partial charge in [-0.05, 0) is 0 Å². The van der Waals surface area contributed by atoms with Crippen LogP contribution in [0, 0.1) is 0 Å². The normalized spacial score (nSPS) is 33.8. The Hall–Kier alpha value is -0.810. The van der Waals surface area contributed by atoms with E-state index in [1.807, 2.05) is 0 Å². The van der Waals surface area contributed by atoms with Gasteiger partial charge in [-0.3, -0.25) is 0 Å². The molecule has 5 heteroatoms. The molecule has 0 amide bonds. The van der Waals surface area contributed by atoms with Crippen molar-refractivity contribution in [2.24, 2.45) is 10.7 Å². The molecule has 0 saturated heterocycles. The monoisotopic (exact) mass is 132 g/mol. The Morgan fingerprint density at radius 2 is 2.44 bits per heavy atom. The van der Waals surface area contributed by atoms with E-state index in [2.05, 4.69) is 9.73 Å². The third-order valence-corrected chi connectivity index (χ3v) is 1.04. The molecule has 0 fully saturated rings. The molecule has 0 spiro atoms. The number of amidine groups is 1. The second-order valence-electron chi connectivity index (χ2n) is 1.72. The average molecular weight is 132 g/mol.